The second kappa shape index (κ2) is 6.80. The van der Waals surface area contributed by atoms with Crippen LogP contribution in [-0.2, 0) is 0 Å². The van der Waals surface area contributed by atoms with Gasteiger partial charge in [0.05, 0.1) is 17.1 Å². The maximum Gasteiger partial charge on any atom is 0.226 e. The van der Waals surface area contributed by atoms with Crippen LogP contribution in [0.1, 0.15) is 29.1 Å². The zero-order valence-corrected chi connectivity index (χ0v) is 18.1. The molecule has 31 heavy (non-hydrogen) atoms. The fourth-order valence-electron chi connectivity index (χ4n) is 5.48. The van der Waals surface area contributed by atoms with Gasteiger partial charge in [0.15, 0.2) is 5.65 Å². The van der Waals surface area contributed by atoms with Gasteiger partial charge in [-0.3, -0.25) is 4.98 Å². The fourth-order valence-corrected chi connectivity index (χ4v) is 5.48. The summed E-state index contributed by atoms with van der Waals surface area (Å²) in [5.41, 5.74) is 6.10. The predicted molar refractivity (Wildman–Crippen MR) is 120 cm³/mol. The zero-order chi connectivity index (χ0) is 21.3. The van der Waals surface area contributed by atoms with Gasteiger partial charge in [0.25, 0.3) is 0 Å². The minimum Gasteiger partial charge on any atom is -0.460 e. The van der Waals surface area contributed by atoms with E-state index in [0.29, 0.717) is 17.3 Å². The van der Waals surface area contributed by atoms with E-state index in [0.717, 1.165) is 47.4 Å². The van der Waals surface area contributed by atoms with Crippen molar-refractivity contribution in [3.63, 3.8) is 0 Å². The Hall–Kier alpha value is -2.90. The van der Waals surface area contributed by atoms with Crippen molar-refractivity contribution in [2.45, 2.75) is 32.6 Å². The first-order chi connectivity index (χ1) is 15.0. The lowest BCUT2D eigenvalue weighted by Crippen LogP contribution is -2.34. The Labute approximate surface area is 181 Å². The van der Waals surface area contributed by atoms with Crippen molar-refractivity contribution in [2.24, 2.45) is 5.92 Å². The summed E-state index contributed by atoms with van der Waals surface area (Å²) in [6.45, 7) is 7.28. The van der Waals surface area contributed by atoms with Crippen LogP contribution in [0.3, 0.4) is 0 Å². The first kappa shape index (κ1) is 18.8. The summed E-state index contributed by atoms with van der Waals surface area (Å²) in [4.78, 5) is 14.1. The van der Waals surface area contributed by atoms with Gasteiger partial charge >= 0.3 is 0 Å². The highest BCUT2D eigenvalue weighted by Crippen LogP contribution is 2.39. The molecule has 7 nitrogen and oxygen atoms in total. The van der Waals surface area contributed by atoms with Crippen molar-refractivity contribution >= 4 is 23.0 Å². The standard InChI is InChI=1S/C24H27N5O2/c1-14-10-28-12-20(26-23(28)15(2)25-14)19-8-16-4-5-18(9-22(16)31-24(19)30)29-7-6-17-11-27(3)13-21(17)29/h4-5,8-10,12,17,21,24,30H,6-7,11,13H2,1-3H3/t17-,21+,24?/m0/s1. The van der Waals surface area contributed by atoms with Gasteiger partial charge in [0, 0.05) is 61.0 Å². The van der Waals surface area contributed by atoms with E-state index in [1.165, 1.54) is 18.7 Å². The summed E-state index contributed by atoms with van der Waals surface area (Å²) in [7, 11) is 2.20. The maximum atomic E-state index is 10.8. The first-order valence-electron chi connectivity index (χ1n) is 10.9. The number of hydrogen-bond donors (Lipinski definition) is 1. The maximum absolute atomic E-state index is 10.8. The number of anilines is 1. The lowest BCUT2D eigenvalue weighted by molar-refractivity contribution is 0.0318. The van der Waals surface area contributed by atoms with E-state index in [4.69, 9.17) is 9.72 Å². The number of imidazole rings is 1. The molecule has 1 N–H and O–H groups in total. The lowest BCUT2D eigenvalue weighted by Gasteiger charge is -2.29. The molecule has 0 spiro atoms. The molecule has 3 aliphatic rings. The van der Waals surface area contributed by atoms with Gasteiger partial charge in [0.1, 0.15) is 5.75 Å². The number of aliphatic hydroxyl groups excluding tert-OH is 1. The monoisotopic (exact) mass is 417 g/mol. The molecule has 3 aromatic rings. The molecule has 2 aromatic heterocycles. The zero-order valence-electron chi connectivity index (χ0n) is 18.1. The molecule has 0 radical (unpaired) electrons. The number of likely N-dealkylation sites (tertiary alicyclic amines) is 1. The number of hydrogen-bond acceptors (Lipinski definition) is 6. The number of benzene rings is 1. The number of aliphatic hydroxyl groups is 1. The average Bonchev–Trinajstić information content (AvgIpc) is 3.40. The highest BCUT2D eigenvalue weighted by molar-refractivity contribution is 5.86. The van der Waals surface area contributed by atoms with Crippen LogP contribution in [-0.4, -0.2) is 63.4 Å². The number of ether oxygens (including phenoxy) is 1. The molecule has 3 aliphatic heterocycles. The molecule has 0 saturated carbocycles. The topological polar surface area (TPSA) is 66.1 Å². The molecule has 6 rings (SSSR count). The Balaban J connectivity index is 1.34. The molecule has 0 bridgehead atoms. The number of aromatic nitrogens is 3. The van der Waals surface area contributed by atoms with Crippen LogP contribution in [0.15, 0.2) is 30.6 Å². The van der Waals surface area contributed by atoms with Gasteiger partial charge in [-0.05, 0) is 51.4 Å². The van der Waals surface area contributed by atoms with E-state index >= 15 is 0 Å². The van der Waals surface area contributed by atoms with Crippen LogP contribution in [0.5, 0.6) is 5.75 Å². The molecule has 160 valence electrons. The lowest BCUT2D eigenvalue weighted by atomic mass is 10.0. The molecule has 0 amide bonds. The number of aryl methyl sites for hydroxylation is 2. The van der Waals surface area contributed by atoms with Crippen molar-refractivity contribution in [3.8, 4) is 5.75 Å². The van der Waals surface area contributed by atoms with E-state index in [-0.39, 0.29) is 0 Å². The molecular weight excluding hydrogens is 390 g/mol. The van der Waals surface area contributed by atoms with Crippen molar-refractivity contribution in [2.75, 3.05) is 31.6 Å². The van der Waals surface area contributed by atoms with Crippen molar-refractivity contribution in [3.05, 3.63) is 53.2 Å². The van der Waals surface area contributed by atoms with Gasteiger partial charge in [-0.2, -0.15) is 0 Å². The third-order valence-corrected chi connectivity index (χ3v) is 6.90. The number of nitrogens with zero attached hydrogens (tertiary/aromatic N) is 5. The molecule has 5 heterocycles. The summed E-state index contributed by atoms with van der Waals surface area (Å²) >= 11 is 0. The largest absolute Gasteiger partial charge is 0.460 e. The minimum atomic E-state index is -1.05. The van der Waals surface area contributed by atoms with Crippen molar-refractivity contribution in [1.29, 1.82) is 0 Å². The molecule has 2 saturated heterocycles. The molecule has 0 aliphatic carbocycles. The van der Waals surface area contributed by atoms with E-state index < -0.39 is 6.29 Å². The molecule has 1 unspecified atom stereocenters. The molecular formula is C24H27N5O2. The number of likely N-dealkylation sites (N-methyl/N-ethyl adjacent to an activating group) is 1. The van der Waals surface area contributed by atoms with Gasteiger partial charge in [-0.1, -0.05) is 0 Å². The predicted octanol–water partition coefficient (Wildman–Crippen LogP) is 2.74. The number of rotatable bonds is 2. The van der Waals surface area contributed by atoms with Crippen molar-refractivity contribution < 1.29 is 9.84 Å². The Bertz CT molecular complexity index is 1220. The Morgan fingerprint density at radius 2 is 2.00 bits per heavy atom. The van der Waals surface area contributed by atoms with E-state index in [1.54, 1.807) is 0 Å². The van der Waals surface area contributed by atoms with Gasteiger partial charge in [0.2, 0.25) is 6.29 Å². The second-order valence-electron chi connectivity index (χ2n) is 9.15. The Morgan fingerprint density at radius 3 is 2.87 bits per heavy atom. The molecule has 3 atom stereocenters. The average molecular weight is 418 g/mol. The SMILES string of the molecule is Cc1cn2cc(C3=Cc4ccc(N5CC[C@H]6CN(C)C[C@H]65)cc4OC3O)nc2c(C)n1. The quantitative estimate of drug-likeness (QED) is 0.692. The minimum absolute atomic E-state index is 0.570. The summed E-state index contributed by atoms with van der Waals surface area (Å²) in [5.74, 6) is 1.47. The summed E-state index contributed by atoms with van der Waals surface area (Å²) in [5, 5.41) is 10.8. The van der Waals surface area contributed by atoms with E-state index in [9.17, 15) is 5.11 Å². The van der Waals surface area contributed by atoms with Crippen LogP contribution in [0.4, 0.5) is 5.69 Å². The molecule has 2 fully saturated rings. The van der Waals surface area contributed by atoms with Crippen LogP contribution in [0, 0.1) is 19.8 Å². The highest BCUT2D eigenvalue weighted by atomic mass is 16.6. The van der Waals surface area contributed by atoms with Crippen LogP contribution in [0.2, 0.25) is 0 Å². The van der Waals surface area contributed by atoms with Crippen LogP contribution < -0.4 is 9.64 Å². The summed E-state index contributed by atoms with van der Waals surface area (Å²) in [6.07, 6.45) is 6.04. The Kier molecular flexibility index (Phi) is 4.13. The summed E-state index contributed by atoms with van der Waals surface area (Å²) in [6, 6.07) is 6.92. The third-order valence-electron chi connectivity index (χ3n) is 6.90. The second-order valence-corrected chi connectivity index (χ2v) is 9.15. The Morgan fingerprint density at radius 1 is 1.13 bits per heavy atom. The fraction of sp³-hybridized carbons (Fsp3) is 0.417. The smallest absolute Gasteiger partial charge is 0.226 e. The molecule has 1 aromatic carbocycles. The third kappa shape index (κ3) is 3.03. The first-order valence-corrected chi connectivity index (χ1v) is 10.9. The van der Waals surface area contributed by atoms with Gasteiger partial charge in [-0.15, -0.1) is 0 Å². The van der Waals surface area contributed by atoms with Crippen LogP contribution >= 0.6 is 0 Å². The molecule has 7 heteroatoms. The van der Waals surface area contributed by atoms with Crippen molar-refractivity contribution in [1.82, 2.24) is 19.3 Å². The van der Waals surface area contributed by atoms with E-state index in [2.05, 4.69) is 40.0 Å². The van der Waals surface area contributed by atoms with Crippen LogP contribution in [0.25, 0.3) is 17.3 Å². The van der Waals surface area contributed by atoms with Gasteiger partial charge < -0.3 is 24.0 Å². The van der Waals surface area contributed by atoms with E-state index in [1.807, 2.05) is 36.7 Å². The normalized spacial score (nSPS) is 25.5. The summed E-state index contributed by atoms with van der Waals surface area (Å²) < 4.78 is 7.93. The van der Waals surface area contributed by atoms with Gasteiger partial charge in [-0.25, -0.2) is 4.98 Å². The number of fused-ring (bicyclic) bond motifs is 3. The highest BCUT2D eigenvalue weighted by Gasteiger charge is 2.40.